The molecule has 0 bridgehead atoms. The van der Waals surface area contributed by atoms with Gasteiger partial charge in [0.2, 0.25) is 0 Å². The zero-order chi connectivity index (χ0) is 52.2. The highest BCUT2D eigenvalue weighted by molar-refractivity contribution is 5.71. The average Bonchev–Trinajstić information content (AvgIpc) is 3.38. The molecule has 0 radical (unpaired) electrons. The van der Waals surface area contributed by atoms with E-state index in [2.05, 4.69) is 154 Å². The largest absolute Gasteiger partial charge is 0.462 e. The molecule has 0 spiro atoms. The molecule has 1 unspecified atom stereocenters. The van der Waals surface area contributed by atoms with Crippen molar-refractivity contribution < 1.29 is 28.6 Å². The van der Waals surface area contributed by atoms with E-state index in [4.69, 9.17) is 14.2 Å². The van der Waals surface area contributed by atoms with Crippen molar-refractivity contribution in [2.45, 2.75) is 252 Å². The lowest BCUT2D eigenvalue weighted by Gasteiger charge is -2.18. The third-order valence-electron chi connectivity index (χ3n) is 11.9. The molecule has 0 aliphatic carbocycles. The first-order chi connectivity index (χ1) is 35.5. The molecule has 0 aromatic heterocycles. The lowest BCUT2D eigenvalue weighted by molar-refractivity contribution is -0.167. The monoisotopic (exact) mass is 995 g/mol. The van der Waals surface area contributed by atoms with Crippen molar-refractivity contribution in [3.05, 3.63) is 134 Å². The van der Waals surface area contributed by atoms with Crippen molar-refractivity contribution in [1.29, 1.82) is 0 Å². The minimum Gasteiger partial charge on any atom is -0.462 e. The molecule has 0 N–H and O–H groups in total. The van der Waals surface area contributed by atoms with Crippen LogP contribution in [0, 0.1) is 0 Å². The molecule has 0 fully saturated rings. The van der Waals surface area contributed by atoms with Crippen LogP contribution in [-0.4, -0.2) is 37.2 Å². The minimum atomic E-state index is -0.813. The number of carbonyl (C=O) groups is 3. The van der Waals surface area contributed by atoms with Crippen LogP contribution in [0.2, 0.25) is 0 Å². The molecular weight excluding hydrogens is 889 g/mol. The number of rotatable bonds is 51. The molecule has 0 saturated heterocycles. The Morgan fingerprint density at radius 3 is 0.944 bits per heavy atom. The van der Waals surface area contributed by atoms with Gasteiger partial charge in [0, 0.05) is 19.3 Å². The molecule has 72 heavy (non-hydrogen) atoms. The highest BCUT2D eigenvalue weighted by Crippen LogP contribution is 2.13. The maximum atomic E-state index is 12.8. The second-order valence-corrected chi connectivity index (χ2v) is 18.8. The summed E-state index contributed by atoms with van der Waals surface area (Å²) in [6.45, 7) is 6.41. The normalized spacial score (nSPS) is 13.1. The molecule has 0 heterocycles. The second-order valence-electron chi connectivity index (χ2n) is 18.8. The van der Waals surface area contributed by atoms with Gasteiger partial charge in [0.05, 0.1) is 0 Å². The van der Waals surface area contributed by atoms with E-state index in [0.29, 0.717) is 19.3 Å². The van der Waals surface area contributed by atoms with E-state index in [1.807, 2.05) is 0 Å². The van der Waals surface area contributed by atoms with Crippen molar-refractivity contribution in [2.24, 2.45) is 0 Å². The molecule has 0 amide bonds. The Balaban J connectivity index is 4.41. The second kappa shape index (κ2) is 59.1. The molecule has 0 aromatic rings. The SMILES string of the molecule is CC/C=C\C/C=C\C/C=C\C/C=C\C/C=C\C/C=C\C/C=C\C/C=C\C/C=C\CCCC(=O)OCC(COC(=O)CCCCCCC/C=C\CCCCC)OC(=O)CCCCCCC/C=C\CCCCCC. The van der Waals surface area contributed by atoms with E-state index in [9.17, 15) is 14.4 Å². The van der Waals surface area contributed by atoms with Gasteiger partial charge in [0.1, 0.15) is 13.2 Å². The molecule has 406 valence electrons. The number of allylic oxidation sites excluding steroid dienone is 22. The Morgan fingerprint density at radius 2 is 0.556 bits per heavy atom. The summed E-state index contributed by atoms with van der Waals surface area (Å²) in [4.78, 5) is 38.1. The van der Waals surface area contributed by atoms with Gasteiger partial charge >= 0.3 is 17.9 Å². The summed E-state index contributed by atoms with van der Waals surface area (Å²) in [6.07, 6.45) is 83.1. The van der Waals surface area contributed by atoms with Gasteiger partial charge in [0.25, 0.3) is 0 Å². The Bertz CT molecular complexity index is 1560. The van der Waals surface area contributed by atoms with Crippen LogP contribution in [0.15, 0.2) is 134 Å². The quantitative estimate of drug-likeness (QED) is 0.0261. The van der Waals surface area contributed by atoms with Gasteiger partial charge in [-0.05, 0) is 135 Å². The molecule has 0 aliphatic rings. The topological polar surface area (TPSA) is 78.9 Å². The van der Waals surface area contributed by atoms with Crippen molar-refractivity contribution in [3.8, 4) is 0 Å². The van der Waals surface area contributed by atoms with Gasteiger partial charge in [0.15, 0.2) is 6.10 Å². The van der Waals surface area contributed by atoms with E-state index in [1.165, 1.54) is 70.6 Å². The van der Waals surface area contributed by atoms with E-state index in [-0.39, 0.29) is 37.5 Å². The molecule has 0 rings (SSSR count). The fourth-order valence-corrected chi connectivity index (χ4v) is 7.49. The first-order valence-corrected chi connectivity index (χ1v) is 29.2. The highest BCUT2D eigenvalue weighted by Gasteiger charge is 2.19. The summed E-state index contributed by atoms with van der Waals surface area (Å²) >= 11 is 0. The summed E-state index contributed by atoms with van der Waals surface area (Å²) in [5.74, 6) is -0.992. The summed E-state index contributed by atoms with van der Waals surface area (Å²) < 4.78 is 16.8. The van der Waals surface area contributed by atoms with Crippen LogP contribution < -0.4 is 0 Å². The summed E-state index contributed by atoms with van der Waals surface area (Å²) in [5.41, 5.74) is 0. The Kier molecular flexibility index (Phi) is 55.5. The van der Waals surface area contributed by atoms with Crippen molar-refractivity contribution >= 4 is 17.9 Å². The molecule has 0 saturated carbocycles. The number of unbranched alkanes of at least 4 members (excludes halogenated alkanes) is 18. The standard InChI is InChI=1S/C66H106O6/c1-4-7-10-13-16-19-22-25-26-27-28-29-30-31-32-33-34-35-36-37-38-39-40-42-44-47-50-53-56-59-65(68)71-62-63(61-70-64(67)58-55-52-49-46-43-24-21-18-15-12-9-6-3)72-66(69)60-57-54-51-48-45-41-23-20-17-14-11-8-5-2/h7,10,16,18-21,23,25-26,28-29,31-32,34-35,37-38,40,42,47,50,63H,4-6,8-9,11-15,17,22,24,27,30,33,36,39,41,43-46,48-49,51-62H2,1-3H3/b10-7-,19-16-,21-18-,23-20-,26-25-,29-28-,32-31-,35-34-,38-37-,42-40-,50-47-. The molecule has 6 heteroatoms. The van der Waals surface area contributed by atoms with Gasteiger partial charge in [-0.1, -0.05) is 225 Å². The fraction of sp³-hybridized carbons (Fsp3) is 0.621. The van der Waals surface area contributed by atoms with Gasteiger partial charge in [-0.15, -0.1) is 0 Å². The maximum Gasteiger partial charge on any atom is 0.306 e. The van der Waals surface area contributed by atoms with Crippen LogP contribution in [0.25, 0.3) is 0 Å². The molecule has 0 aromatic carbocycles. The van der Waals surface area contributed by atoms with Crippen LogP contribution in [0.1, 0.15) is 245 Å². The van der Waals surface area contributed by atoms with Gasteiger partial charge in [-0.3, -0.25) is 14.4 Å². The Labute approximate surface area is 443 Å². The van der Waals surface area contributed by atoms with E-state index >= 15 is 0 Å². The van der Waals surface area contributed by atoms with Crippen LogP contribution in [0.4, 0.5) is 0 Å². The number of ether oxygens (including phenoxy) is 3. The third-order valence-corrected chi connectivity index (χ3v) is 11.9. The number of carbonyl (C=O) groups excluding carboxylic acids is 3. The molecular formula is C66H106O6. The Morgan fingerprint density at radius 1 is 0.292 bits per heavy atom. The lowest BCUT2D eigenvalue weighted by atomic mass is 10.1. The first kappa shape index (κ1) is 67.5. The minimum absolute atomic E-state index is 0.107. The van der Waals surface area contributed by atoms with Crippen LogP contribution in [0.5, 0.6) is 0 Å². The van der Waals surface area contributed by atoms with Crippen LogP contribution in [0.3, 0.4) is 0 Å². The summed E-state index contributed by atoms with van der Waals surface area (Å²) in [5, 5.41) is 0. The van der Waals surface area contributed by atoms with Crippen molar-refractivity contribution in [3.63, 3.8) is 0 Å². The van der Waals surface area contributed by atoms with Crippen LogP contribution >= 0.6 is 0 Å². The number of hydrogen-bond donors (Lipinski definition) is 0. The van der Waals surface area contributed by atoms with E-state index < -0.39 is 6.10 Å². The lowest BCUT2D eigenvalue weighted by Crippen LogP contribution is -2.30. The smallest absolute Gasteiger partial charge is 0.306 e. The summed E-state index contributed by atoms with van der Waals surface area (Å²) in [7, 11) is 0. The van der Waals surface area contributed by atoms with Crippen molar-refractivity contribution in [2.75, 3.05) is 13.2 Å². The maximum absolute atomic E-state index is 12.8. The number of hydrogen-bond acceptors (Lipinski definition) is 6. The fourth-order valence-electron chi connectivity index (χ4n) is 7.49. The molecule has 0 aliphatic heterocycles. The Hall–Kier alpha value is -4.45. The highest BCUT2D eigenvalue weighted by atomic mass is 16.6. The third kappa shape index (κ3) is 56.5. The van der Waals surface area contributed by atoms with E-state index in [0.717, 1.165) is 128 Å². The van der Waals surface area contributed by atoms with E-state index in [1.54, 1.807) is 0 Å². The number of esters is 3. The molecule has 6 nitrogen and oxygen atoms in total. The first-order valence-electron chi connectivity index (χ1n) is 29.2. The van der Waals surface area contributed by atoms with Gasteiger partial charge in [-0.2, -0.15) is 0 Å². The summed E-state index contributed by atoms with van der Waals surface area (Å²) in [6, 6.07) is 0. The zero-order valence-electron chi connectivity index (χ0n) is 46.4. The van der Waals surface area contributed by atoms with Crippen molar-refractivity contribution in [1.82, 2.24) is 0 Å². The van der Waals surface area contributed by atoms with Crippen LogP contribution in [-0.2, 0) is 28.6 Å². The average molecular weight is 996 g/mol. The van der Waals surface area contributed by atoms with Gasteiger partial charge < -0.3 is 14.2 Å². The predicted molar refractivity (Wildman–Crippen MR) is 311 cm³/mol. The predicted octanol–water partition coefficient (Wildman–Crippen LogP) is 19.8. The molecule has 1 atom stereocenters. The zero-order valence-corrected chi connectivity index (χ0v) is 46.4. The van der Waals surface area contributed by atoms with Gasteiger partial charge in [-0.25, -0.2) is 0 Å².